The maximum absolute atomic E-state index is 12.7. The Balaban J connectivity index is 1.77. The van der Waals surface area contributed by atoms with E-state index in [1.165, 1.54) is 4.90 Å². The zero-order valence-electron chi connectivity index (χ0n) is 11.4. The smallest absolute Gasteiger partial charge is 0.238 e. The minimum absolute atomic E-state index is 0.0169. The molecular weight excluding hydrogens is 254 g/mol. The first kappa shape index (κ1) is 11.9. The molecule has 2 aliphatic carbocycles. The number of fused-ring (bicyclic) bond motifs is 5. The van der Waals surface area contributed by atoms with Crippen LogP contribution in [0, 0.1) is 23.7 Å². The van der Waals surface area contributed by atoms with Gasteiger partial charge in [0.05, 0.1) is 24.6 Å². The van der Waals surface area contributed by atoms with E-state index in [-0.39, 0.29) is 23.7 Å². The highest BCUT2D eigenvalue weighted by atomic mass is 16.5. The van der Waals surface area contributed by atoms with Crippen LogP contribution in [0.15, 0.2) is 24.3 Å². The third kappa shape index (κ3) is 1.37. The molecule has 1 aromatic carbocycles. The molecule has 0 N–H and O–H groups in total. The number of methoxy groups -OCH3 is 1. The molecule has 1 saturated heterocycles. The highest BCUT2D eigenvalue weighted by molar-refractivity contribution is 6.23. The Bertz CT molecular complexity index is 569. The van der Waals surface area contributed by atoms with Crippen molar-refractivity contribution in [2.45, 2.75) is 19.3 Å². The van der Waals surface area contributed by atoms with Gasteiger partial charge in [-0.2, -0.15) is 0 Å². The average Bonchev–Trinajstić information content (AvgIpc) is 3.13. The molecule has 104 valence electrons. The van der Waals surface area contributed by atoms with Gasteiger partial charge >= 0.3 is 0 Å². The summed E-state index contributed by atoms with van der Waals surface area (Å²) in [4.78, 5) is 26.8. The third-order valence-electron chi connectivity index (χ3n) is 5.25. The fourth-order valence-electron chi connectivity index (χ4n) is 4.46. The van der Waals surface area contributed by atoms with Crippen LogP contribution in [0.25, 0.3) is 0 Å². The molecule has 1 heterocycles. The molecule has 4 rings (SSSR count). The van der Waals surface area contributed by atoms with Gasteiger partial charge in [-0.25, -0.2) is 4.90 Å². The number of carbonyl (C=O) groups is 2. The molecule has 2 amide bonds. The van der Waals surface area contributed by atoms with Gasteiger partial charge in [0.25, 0.3) is 0 Å². The van der Waals surface area contributed by atoms with Crippen molar-refractivity contribution in [3.8, 4) is 5.75 Å². The molecule has 1 aliphatic heterocycles. The Hall–Kier alpha value is -1.84. The number of hydrogen-bond donors (Lipinski definition) is 0. The van der Waals surface area contributed by atoms with Crippen LogP contribution in [0.4, 0.5) is 5.69 Å². The van der Waals surface area contributed by atoms with Crippen LogP contribution >= 0.6 is 0 Å². The van der Waals surface area contributed by atoms with Gasteiger partial charge < -0.3 is 4.74 Å². The van der Waals surface area contributed by atoms with Crippen LogP contribution in [-0.4, -0.2) is 18.9 Å². The third-order valence-corrected chi connectivity index (χ3v) is 5.25. The summed E-state index contributed by atoms with van der Waals surface area (Å²) < 4.78 is 5.30. The molecule has 20 heavy (non-hydrogen) atoms. The van der Waals surface area contributed by atoms with E-state index in [9.17, 15) is 9.59 Å². The van der Waals surface area contributed by atoms with Crippen molar-refractivity contribution >= 4 is 17.5 Å². The zero-order valence-corrected chi connectivity index (χ0v) is 11.4. The fraction of sp³-hybridized carbons (Fsp3) is 0.500. The van der Waals surface area contributed by atoms with Gasteiger partial charge in [0.2, 0.25) is 11.8 Å². The first-order valence-electron chi connectivity index (χ1n) is 7.23. The first-order chi connectivity index (χ1) is 9.72. The quantitative estimate of drug-likeness (QED) is 0.775. The van der Waals surface area contributed by atoms with Gasteiger partial charge in [-0.15, -0.1) is 0 Å². The molecule has 2 bridgehead atoms. The monoisotopic (exact) mass is 271 g/mol. The molecule has 4 nitrogen and oxygen atoms in total. The summed E-state index contributed by atoms with van der Waals surface area (Å²) in [5, 5.41) is 0. The molecule has 3 fully saturated rings. The number of rotatable bonds is 2. The minimum Gasteiger partial charge on any atom is -0.495 e. The summed E-state index contributed by atoms with van der Waals surface area (Å²) >= 11 is 0. The van der Waals surface area contributed by atoms with Crippen LogP contribution in [0.5, 0.6) is 5.75 Å². The van der Waals surface area contributed by atoms with E-state index in [0.29, 0.717) is 23.3 Å². The maximum Gasteiger partial charge on any atom is 0.238 e. The molecule has 4 atom stereocenters. The largest absolute Gasteiger partial charge is 0.495 e. The Labute approximate surface area is 117 Å². The van der Waals surface area contributed by atoms with E-state index in [1.807, 2.05) is 12.1 Å². The highest BCUT2D eigenvalue weighted by Gasteiger charge is 2.61. The summed E-state index contributed by atoms with van der Waals surface area (Å²) in [5.41, 5.74) is 0.596. The van der Waals surface area contributed by atoms with Crippen molar-refractivity contribution in [3.63, 3.8) is 0 Å². The average molecular weight is 271 g/mol. The lowest BCUT2D eigenvalue weighted by Crippen LogP contribution is -2.33. The van der Waals surface area contributed by atoms with Crippen molar-refractivity contribution in [1.82, 2.24) is 0 Å². The first-order valence-corrected chi connectivity index (χ1v) is 7.23. The Morgan fingerprint density at radius 1 is 1.05 bits per heavy atom. The van der Waals surface area contributed by atoms with Crippen molar-refractivity contribution in [2.24, 2.45) is 23.7 Å². The van der Waals surface area contributed by atoms with E-state index in [2.05, 4.69) is 0 Å². The maximum atomic E-state index is 12.7. The predicted molar refractivity (Wildman–Crippen MR) is 73.3 cm³/mol. The summed E-state index contributed by atoms with van der Waals surface area (Å²) in [7, 11) is 1.56. The minimum atomic E-state index is -0.0776. The van der Waals surface area contributed by atoms with Crippen LogP contribution in [0.1, 0.15) is 19.3 Å². The number of para-hydroxylation sites is 2. The molecule has 2 unspecified atom stereocenters. The summed E-state index contributed by atoms with van der Waals surface area (Å²) in [6.45, 7) is 0. The number of ether oxygens (including phenoxy) is 1. The summed E-state index contributed by atoms with van der Waals surface area (Å²) in [6.07, 6.45) is 3.27. The number of imide groups is 1. The standard InChI is InChI=1S/C16H17NO3/c1-20-12-5-3-2-4-11(12)17-15(18)13-9-6-7-10(8-9)14(13)16(17)19/h2-5,9-10,13-14H,6-8H2,1H3/t9-,10+,13?,14?. The van der Waals surface area contributed by atoms with Gasteiger partial charge in [0.1, 0.15) is 5.75 Å². The van der Waals surface area contributed by atoms with E-state index in [0.717, 1.165) is 19.3 Å². The lowest BCUT2D eigenvalue weighted by molar-refractivity contribution is -0.123. The van der Waals surface area contributed by atoms with Crippen molar-refractivity contribution in [2.75, 3.05) is 12.0 Å². The number of hydrogen-bond acceptors (Lipinski definition) is 3. The van der Waals surface area contributed by atoms with Gasteiger partial charge in [0, 0.05) is 0 Å². The van der Waals surface area contributed by atoms with Crippen LogP contribution < -0.4 is 9.64 Å². The van der Waals surface area contributed by atoms with Crippen molar-refractivity contribution < 1.29 is 14.3 Å². The summed E-state index contributed by atoms with van der Waals surface area (Å²) in [5.74, 6) is 1.23. The van der Waals surface area contributed by atoms with Crippen LogP contribution in [-0.2, 0) is 9.59 Å². The molecule has 0 spiro atoms. The second-order valence-corrected chi connectivity index (χ2v) is 6.07. The highest BCUT2D eigenvalue weighted by Crippen LogP contribution is 2.57. The van der Waals surface area contributed by atoms with Crippen molar-refractivity contribution in [1.29, 1.82) is 0 Å². The second-order valence-electron chi connectivity index (χ2n) is 6.07. The number of benzene rings is 1. The van der Waals surface area contributed by atoms with Crippen LogP contribution in [0.2, 0.25) is 0 Å². The van der Waals surface area contributed by atoms with Gasteiger partial charge in [-0.05, 0) is 43.2 Å². The summed E-state index contributed by atoms with van der Waals surface area (Å²) in [6, 6.07) is 7.26. The lowest BCUT2D eigenvalue weighted by atomic mass is 9.81. The SMILES string of the molecule is COc1ccccc1N1C(=O)C2C(C1=O)[C@H]1CC[C@@H]2C1. The number of nitrogens with zero attached hydrogens (tertiary/aromatic N) is 1. The van der Waals surface area contributed by atoms with E-state index in [4.69, 9.17) is 4.74 Å². The van der Waals surface area contributed by atoms with Gasteiger partial charge in [-0.1, -0.05) is 12.1 Å². The van der Waals surface area contributed by atoms with E-state index in [1.54, 1.807) is 19.2 Å². The number of carbonyl (C=O) groups excluding carboxylic acids is 2. The molecule has 3 aliphatic rings. The number of anilines is 1. The fourth-order valence-corrected chi connectivity index (χ4v) is 4.46. The van der Waals surface area contributed by atoms with E-state index >= 15 is 0 Å². The van der Waals surface area contributed by atoms with Gasteiger partial charge in [0.15, 0.2) is 0 Å². The Kier molecular flexibility index (Phi) is 2.43. The van der Waals surface area contributed by atoms with Gasteiger partial charge in [-0.3, -0.25) is 9.59 Å². The molecule has 0 radical (unpaired) electrons. The van der Waals surface area contributed by atoms with Crippen LogP contribution in [0.3, 0.4) is 0 Å². The van der Waals surface area contributed by atoms with Crippen molar-refractivity contribution in [3.05, 3.63) is 24.3 Å². The molecule has 2 saturated carbocycles. The molecule has 4 heteroatoms. The second kappa shape index (κ2) is 4.08. The molecular formula is C16H17NO3. The Morgan fingerprint density at radius 3 is 2.25 bits per heavy atom. The normalized spacial score (nSPS) is 34.8. The lowest BCUT2D eigenvalue weighted by Gasteiger charge is -2.19. The Morgan fingerprint density at radius 2 is 1.65 bits per heavy atom. The number of amides is 2. The molecule has 1 aromatic rings. The predicted octanol–water partition coefficient (Wildman–Crippen LogP) is 2.23. The van der Waals surface area contributed by atoms with E-state index < -0.39 is 0 Å². The topological polar surface area (TPSA) is 46.6 Å². The molecule has 0 aromatic heterocycles. The zero-order chi connectivity index (χ0) is 13.9.